The molecule has 20 heavy (non-hydrogen) atoms. The van der Waals surface area contributed by atoms with E-state index in [1.54, 1.807) is 32.4 Å². The maximum Gasteiger partial charge on any atom is 0.252 e. The summed E-state index contributed by atoms with van der Waals surface area (Å²) in [4.78, 5) is 12.4. The fraction of sp³-hybridized carbons (Fsp3) is 0.533. The topological polar surface area (TPSA) is 67.8 Å². The van der Waals surface area contributed by atoms with E-state index in [4.69, 9.17) is 9.47 Å². The highest BCUT2D eigenvalue weighted by molar-refractivity contribution is 5.95. The van der Waals surface area contributed by atoms with Gasteiger partial charge in [0.15, 0.2) is 0 Å². The molecule has 1 aromatic carbocycles. The molecule has 0 unspecified atom stereocenters. The van der Waals surface area contributed by atoms with E-state index >= 15 is 0 Å². The monoisotopic (exact) mass is 279 g/mol. The van der Waals surface area contributed by atoms with Gasteiger partial charge in [0, 0.05) is 11.6 Å². The van der Waals surface area contributed by atoms with E-state index in [0.717, 1.165) is 25.7 Å². The first-order chi connectivity index (χ1) is 9.62. The van der Waals surface area contributed by atoms with Gasteiger partial charge in [-0.25, -0.2) is 0 Å². The van der Waals surface area contributed by atoms with Gasteiger partial charge in [0.25, 0.3) is 5.91 Å². The number of methoxy groups -OCH3 is 2. The fourth-order valence-electron chi connectivity index (χ4n) is 2.63. The van der Waals surface area contributed by atoms with Crippen LogP contribution in [0.15, 0.2) is 18.2 Å². The number of aliphatic hydroxyl groups excluding tert-OH is 1. The van der Waals surface area contributed by atoms with E-state index in [1.807, 2.05) is 0 Å². The van der Waals surface area contributed by atoms with E-state index < -0.39 is 5.54 Å². The number of amides is 1. The lowest BCUT2D eigenvalue weighted by molar-refractivity contribution is 0.0838. The number of carbonyl (C=O) groups is 1. The summed E-state index contributed by atoms with van der Waals surface area (Å²) in [6.07, 6.45) is 3.69. The van der Waals surface area contributed by atoms with Crippen molar-refractivity contribution < 1.29 is 19.4 Å². The minimum atomic E-state index is -0.479. The van der Waals surface area contributed by atoms with Crippen LogP contribution in [-0.2, 0) is 0 Å². The molecular formula is C15H21NO4. The Balaban J connectivity index is 2.20. The van der Waals surface area contributed by atoms with Gasteiger partial charge < -0.3 is 19.9 Å². The van der Waals surface area contributed by atoms with Crippen LogP contribution in [0.1, 0.15) is 36.0 Å². The van der Waals surface area contributed by atoms with Gasteiger partial charge in [0.2, 0.25) is 0 Å². The summed E-state index contributed by atoms with van der Waals surface area (Å²) in [7, 11) is 3.09. The second-order valence-electron chi connectivity index (χ2n) is 5.20. The molecule has 2 N–H and O–H groups in total. The molecular weight excluding hydrogens is 258 g/mol. The maximum atomic E-state index is 12.4. The number of nitrogens with one attached hydrogen (secondary N) is 1. The molecule has 1 saturated carbocycles. The average Bonchev–Trinajstić information content (AvgIpc) is 2.95. The van der Waals surface area contributed by atoms with Gasteiger partial charge in [-0.1, -0.05) is 12.8 Å². The second-order valence-corrected chi connectivity index (χ2v) is 5.20. The largest absolute Gasteiger partial charge is 0.497 e. The number of rotatable bonds is 5. The van der Waals surface area contributed by atoms with Crippen molar-refractivity contribution >= 4 is 5.91 Å². The Morgan fingerprint density at radius 2 is 1.75 bits per heavy atom. The van der Waals surface area contributed by atoms with Gasteiger partial charge in [0.05, 0.1) is 26.4 Å². The zero-order valence-electron chi connectivity index (χ0n) is 11.9. The summed E-state index contributed by atoms with van der Waals surface area (Å²) in [5.41, 5.74) is -0.00570. The van der Waals surface area contributed by atoms with Crippen LogP contribution < -0.4 is 14.8 Å². The van der Waals surface area contributed by atoms with Crippen LogP contribution in [0.3, 0.4) is 0 Å². The molecule has 5 heteroatoms. The smallest absolute Gasteiger partial charge is 0.252 e. The summed E-state index contributed by atoms with van der Waals surface area (Å²) in [5.74, 6) is 0.927. The van der Waals surface area contributed by atoms with Gasteiger partial charge in [-0.3, -0.25) is 4.79 Å². The molecule has 1 aliphatic rings. The van der Waals surface area contributed by atoms with Crippen molar-refractivity contribution in [3.05, 3.63) is 23.8 Å². The third-order valence-corrected chi connectivity index (χ3v) is 3.86. The van der Waals surface area contributed by atoms with Crippen LogP contribution >= 0.6 is 0 Å². The zero-order valence-corrected chi connectivity index (χ0v) is 11.9. The molecule has 0 radical (unpaired) electrons. The van der Waals surface area contributed by atoms with Crippen LogP contribution in [0.5, 0.6) is 11.5 Å². The van der Waals surface area contributed by atoms with Gasteiger partial charge in [-0.05, 0) is 25.0 Å². The fourth-order valence-corrected chi connectivity index (χ4v) is 2.63. The SMILES string of the molecule is COc1cc(OC)cc(C(=O)NC2(CO)CCCC2)c1. The number of hydrogen-bond acceptors (Lipinski definition) is 4. The van der Waals surface area contributed by atoms with Crippen molar-refractivity contribution in [2.45, 2.75) is 31.2 Å². The highest BCUT2D eigenvalue weighted by Gasteiger charge is 2.34. The van der Waals surface area contributed by atoms with Crippen molar-refractivity contribution in [1.29, 1.82) is 0 Å². The minimum absolute atomic E-state index is 0.0279. The Bertz CT molecular complexity index is 459. The Morgan fingerprint density at radius 3 is 2.20 bits per heavy atom. The van der Waals surface area contributed by atoms with Crippen LogP contribution in [-0.4, -0.2) is 37.4 Å². The molecule has 1 amide bonds. The van der Waals surface area contributed by atoms with Crippen LogP contribution in [0.4, 0.5) is 0 Å². The van der Waals surface area contributed by atoms with E-state index in [1.165, 1.54) is 0 Å². The summed E-state index contributed by atoms with van der Waals surface area (Å²) in [5, 5.41) is 12.5. The highest BCUT2D eigenvalue weighted by Crippen LogP contribution is 2.30. The molecule has 2 rings (SSSR count). The van der Waals surface area contributed by atoms with Gasteiger partial charge >= 0.3 is 0 Å². The van der Waals surface area contributed by atoms with Crippen LogP contribution in [0.25, 0.3) is 0 Å². The molecule has 0 aliphatic heterocycles. The molecule has 0 bridgehead atoms. The van der Waals surface area contributed by atoms with Crippen molar-refractivity contribution in [3.63, 3.8) is 0 Å². The molecule has 1 aliphatic carbocycles. The summed E-state index contributed by atoms with van der Waals surface area (Å²) >= 11 is 0. The van der Waals surface area contributed by atoms with Crippen LogP contribution in [0, 0.1) is 0 Å². The standard InChI is InChI=1S/C15H21NO4/c1-19-12-7-11(8-13(9-12)20-2)14(18)16-15(10-17)5-3-4-6-15/h7-9,17H,3-6,10H2,1-2H3,(H,16,18). The second kappa shape index (κ2) is 6.13. The molecule has 5 nitrogen and oxygen atoms in total. The van der Waals surface area contributed by atoms with Crippen LogP contribution in [0.2, 0.25) is 0 Å². The van der Waals surface area contributed by atoms with Gasteiger partial charge in [-0.2, -0.15) is 0 Å². The normalized spacial score (nSPS) is 16.8. The number of hydrogen-bond donors (Lipinski definition) is 2. The predicted molar refractivity (Wildman–Crippen MR) is 75.3 cm³/mol. The first-order valence-electron chi connectivity index (χ1n) is 6.79. The molecule has 0 atom stereocenters. The van der Waals surface area contributed by atoms with Gasteiger partial charge in [-0.15, -0.1) is 0 Å². The van der Waals surface area contributed by atoms with E-state index in [9.17, 15) is 9.90 Å². The van der Waals surface area contributed by atoms with Crippen molar-refractivity contribution in [2.24, 2.45) is 0 Å². The van der Waals surface area contributed by atoms with E-state index in [-0.39, 0.29) is 12.5 Å². The third kappa shape index (κ3) is 3.04. The Morgan fingerprint density at radius 1 is 1.20 bits per heavy atom. The Kier molecular flexibility index (Phi) is 4.49. The number of benzene rings is 1. The van der Waals surface area contributed by atoms with Crippen molar-refractivity contribution in [2.75, 3.05) is 20.8 Å². The average molecular weight is 279 g/mol. The zero-order chi connectivity index (χ0) is 14.6. The summed E-state index contributed by atoms with van der Waals surface area (Å²) in [6, 6.07) is 5.05. The first kappa shape index (κ1) is 14.7. The molecule has 0 saturated heterocycles. The summed E-state index contributed by atoms with van der Waals surface area (Å²) in [6.45, 7) is -0.0279. The predicted octanol–water partition coefficient (Wildman–Crippen LogP) is 1.74. The number of carbonyl (C=O) groups excluding carboxylic acids is 1. The Labute approximate surface area is 118 Å². The number of aliphatic hydroxyl groups is 1. The maximum absolute atomic E-state index is 12.4. The molecule has 0 aromatic heterocycles. The lowest BCUT2D eigenvalue weighted by atomic mass is 9.98. The van der Waals surface area contributed by atoms with Crippen molar-refractivity contribution in [3.8, 4) is 11.5 Å². The summed E-state index contributed by atoms with van der Waals surface area (Å²) < 4.78 is 10.3. The minimum Gasteiger partial charge on any atom is -0.497 e. The third-order valence-electron chi connectivity index (χ3n) is 3.86. The van der Waals surface area contributed by atoms with E-state index in [2.05, 4.69) is 5.32 Å². The quantitative estimate of drug-likeness (QED) is 0.861. The first-order valence-corrected chi connectivity index (χ1v) is 6.79. The van der Waals surface area contributed by atoms with Gasteiger partial charge in [0.1, 0.15) is 11.5 Å². The lowest BCUT2D eigenvalue weighted by Gasteiger charge is -2.28. The molecule has 110 valence electrons. The highest BCUT2D eigenvalue weighted by atomic mass is 16.5. The Hall–Kier alpha value is -1.75. The molecule has 0 heterocycles. The van der Waals surface area contributed by atoms with E-state index in [0.29, 0.717) is 17.1 Å². The lowest BCUT2D eigenvalue weighted by Crippen LogP contribution is -2.49. The molecule has 1 fully saturated rings. The number of ether oxygens (including phenoxy) is 2. The molecule has 0 spiro atoms. The molecule has 1 aromatic rings. The van der Waals surface area contributed by atoms with Crippen molar-refractivity contribution in [1.82, 2.24) is 5.32 Å².